The minimum atomic E-state index is -0.219. The van der Waals surface area contributed by atoms with Crippen molar-refractivity contribution in [1.29, 1.82) is 0 Å². The van der Waals surface area contributed by atoms with E-state index < -0.39 is 0 Å². The van der Waals surface area contributed by atoms with Gasteiger partial charge in [0, 0.05) is 10.9 Å². The fraction of sp³-hybridized carbons (Fsp3) is 0.167. The highest BCUT2D eigenvalue weighted by Gasteiger charge is 2.10. The molecule has 5 nitrogen and oxygen atoms in total. The van der Waals surface area contributed by atoms with E-state index in [0.717, 1.165) is 10.0 Å². The maximum absolute atomic E-state index is 12.8. The van der Waals surface area contributed by atoms with Gasteiger partial charge >= 0.3 is 0 Å². The van der Waals surface area contributed by atoms with Crippen LogP contribution in [0.25, 0.3) is 10.9 Å². The molecule has 1 aromatic heterocycles. The first kappa shape index (κ1) is 19.1. The van der Waals surface area contributed by atoms with Crippen molar-refractivity contribution >= 4 is 60.6 Å². The molecule has 8 heteroatoms. The molecule has 3 aromatic rings. The fourth-order valence-electron chi connectivity index (χ4n) is 2.52. The summed E-state index contributed by atoms with van der Waals surface area (Å²) >= 11 is 13.0. The monoisotopic (exact) mass is 497 g/mol. The molecular formula is C18H14Br2ClN3O2. The van der Waals surface area contributed by atoms with E-state index in [2.05, 4.69) is 41.9 Å². The van der Waals surface area contributed by atoms with Gasteiger partial charge in [0.2, 0.25) is 0 Å². The summed E-state index contributed by atoms with van der Waals surface area (Å²) in [5.41, 5.74) is 1.16. The summed E-state index contributed by atoms with van der Waals surface area (Å²) < 4.78 is 8.06. The molecule has 0 saturated carbocycles. The molecule has 0 aliphatic rings. The van der Waals surface area contributed by atoms with Crippen LogP contribution in [-0.4, -0.2) is 23.0 Å². The number of hydrogen-bond donors (Lipinski definition) is 0. The summed E-state index contributed by atoms with van der Waals surface area (Å²) in [7, 11) is 1.55. The highest BCUT2D eigenvalue weighted by Crippen LogP contribution is 2.33. The molecule has 0 unspecified atom stereocenters. The molecule has 1 heterocycles. The van der Waals surface area contributed by atoms with Gasteiger partial charge in [-0.25, -0.2) is 4.98 Å². The van der Waals surface area contributed by atoms with Crippen LogP contribution in [-0.2, 0) is 6.42 Å². The Bertz CT molecular complexity index is 1060. The van der Waals surface area contributed by atoms with E-state index in [4.69, 9.17) is 16.3 Å². The van der Waals surface area contributed by atoms with Crippen LogP contribution in [0.5, 0.6) is 5.75 Å². The lowest BCUT2D eigenvalue weighted by atomic mass is 10.2. The zero-order valence-electron chi connectivity index (χ0n) is 14.0. The first-order chi connectivity index (χ1) is 12.4. The standard InChI is InChI=1S/C18H14Br2ClN3O2/c1-3-16-23-15-5-4-11(19)8-12(15)18(25)24(16)22-9-10-6-13(20)17(26-2)14(21)7-10/h4-9H,3H2,1-2H3. The quantitative estimate of drug-likeness (QED) is 0.474. The van der Waals surface area contributed by atoms with E-state index in [1.807, 2.05) is 25.1 Å². The number of fused-ring (bicyclic) bond motifs is 1. The molecule has 0 radical (unpaired) electrons. The summed E-state index contributed by atoms with van der Waals surface area (Å²) in [6.45, 7) is 1.93. The maximum Gasteiger partial charge on any atom is 0.282 e. The van der Waals surface area contributed by atoms with E-state index in [1.54, 1.807) is 25.5 Å². The summed E-state index contributed by atoms with van der Waals surface area (Å²) in [4.78, 5) is 17.4. The van der Waals surface area contributed by atoms with Gasteiger partial charge in [-0.2, -0.15) is 9.78 Å². The lowest BCUT2D eigenvalue weighted by Gasteiger charge is -2.09. The number of aryl methyl sites for hydroxylation is 1. The number of hydrogen-bond acceptors (Lipinski definition) is 4. The van der Waals surface area contributed by atoms with Crippen molar-refractivity contribution in [2.75, 3.05) is 7.11 Å². The van der Waals surface area contributed by atoms with Crippen LogP contribution in [0.1, 0.15) is 18.3 Å². The first-order valence-electron chi connectivity index (χ1n) is 7.73. The van der Waals surface area contributed by atoms with Crippen molar-refractivity contribution < 1.29 is 4.74 Å². The van der Waals surface area contributed by atoms with Crippen molar-refractivity contribution in [3.63, 3.8) is 0 Å². The Morgan fingerprint density at radius 2 is 2.08 bits per heavy atom. The Morgan fingerprint density at radius 3 is 2.73 bits per heavy atom. The SMILES string of the molecule is CCc1nc2ccc(Br)cc2c(=O)n1N=Cc1cc(Cl)c(OC)c(Br)c1. The summed E-state index contributed by atoms with van der Waals surface area (Å²) in [5, 5.41) is 5.30. The molecule has 0 amide bonds. The van der Waals surface area contributed by atoms with Gasteiger partial charge in [-0.05, 0) is 51.8 Å². The second kappa shape index (κ2) is 7.90. The third kappa shape index (κ3) is 3.70. The Hall–Kier alpha value is -1.70. The van der Waals surface area contributed by atoms with E-state index in [-0.39, 0.29) is 5.56 Å². The van der Waals surface area contributed by atoms with Crippen molar-refractivity contribution in [3.8, 4) is 5.75 Å². The zero-order valence-corrected chi connectivity index (χ0v) is 17.9. The van der Waals surface area contributed by atoms with Gasteiger partial charge < -0.3 is 4.74 Å². The number of aromatic nitrogens is 2. The molecule has 0 aliphatic heterocycles. The normalized spacial score (nSPS) is 11.4. The van der Waals surface area contributed by atoms with Crippen LogP contribution in [0, 0.1) is 0 Å². The van der Waals surface area contributed by atoms with E-state index in [9.17, 15) is 4.79 Å². The Labute approximate surface area is 171 Å². The third-order valence-corrected chi connectivity index (χ3v) is 5.10. The molecule has 0 atom stereocenters. The molecule has 0 spiro atoms. The molecule has 26 heavy (non-hydrogen) atoms. The highest BCUT2D eigenvalue weighted by atomic mass is 79.9. The Morgan fingerprint density at radius 1 is 1.31 bits per heavy atom. The predicted molar refractivity (Wildman–Crippen MR) is 112 cm³/mol. The van der Waals surface area contributed by atoms with Gasteiger partial charge in [-0.3, -0.25) is 4.79 Å². The number of nitrogens with zero attached hydrogens (tertiary/aromatic N) is 3. The lowest BCUT2D eigenvalue weighted by Crippen LogP contribution is -2.22. The molecule has 3 rings (SSSR count). The van der Waals surface area contributed by atoms with Crippen molar-refractivity contribution in [1.82, 2.24) is 9.66 Å². The molecule has 2 aromatic carbocycles. The minimum Gasteiger partial charge on any atom is -0.494 e. The molecule has 134 valence electrons. The molecule has 0 aliphatic carbocycles. The number of ether oxygens (including phenoxy) is 1. The Kier molecular flexibility index (Phi) is 5.79. The summed E-state index contributed by atoms with van der Waals surface area (Å²) in [5.74, 6) is 1.13. The van der Waals surface area contributed by atoms with Crippen LogP contribution in [0.15, 0.2) is 49.2 Å². The smallest absolute Gasteiger partial charge is 0.282 e. The fourth-order valence-corrected chi connectivity index (χ4v) is 3.94. The van der Waals surface area contributed by atoms with Gasteiger partial charge in [0.05, 0.1) is 33.7 Å². The van der Waals surface area contributed by atoms with Crippen molar-refractivity contribution in [2.24, 2.45) is 5.10 Å². The zero-order chi connectivity index (χ0) is 18.8. The average molecular weight is 500 g/mol. The van der Waals surface area contributed by atoms with Gasteiger partial charge in [-0.15, -0.1) is 0 Å². The number of benzene rings is 2. The molecule has 0 bridgehead atoms. The van der Waals surface area contributed by atoms with Crippen LogP contribution in [0.3, 0.4) is 0 Å². The maximum atomic E-state index is 12.8. The van der Waals surface area contributed by atoms with Crippen LogP contribution < -0.4 is 10.3 Å². The Balaban J connectivity index is 2.12. The molecule has 0 saturated heterocycles. The van der Waals surface area contributed by atoms with Gasteiger partial charge in [0.15, 0.2) is 5.75 Å². The van der Waals surface area contributed by atoms with Crippen LogP contribution in [0.2, 0.25) is 5.02 Å². The summed E-state index contributed by atoms with van der Waals surface area (Å²) in [6, 6.07) is 8.95. The van der Waals surface area contributed by atoms with Crippen LogP contribution >= 0.6 is 43.5 Å². The van der Waals surface area contributed by atoms with Gasteiger partial charge in [0.25, 0.3) is 5.56 Å². The van der Waals surface area contributed by atoms with E-state index in [0.29, 0.717) is 38.4 Å². The van der Waals surface area contributed by atoms with E-state index >= 15 is 0 Å². The van der Waals surface area contributed by atoms with Crippen molar-refractivity contribution in [3.05, 3.63) is 66.0 Å². The largest absolute Gasteiger partial charge is 0.494 e. The molecule has 0 N–H and O–H groups in total. The van der Waals surface area contributed by atoms with Gasteiger partial charge in [-0.1, -0.05) is 34.5 Å². The highest BCUT2D eigenvalue weighted by molar-refractivity contribution is 9.10. The number of methoxy groups -OCH3 is 1. The van der Waals surface area contributed by atoms with E-state index in [1.165, 1.54) is 4.68 Å². The average Bonchev–Trinajstić information content (AvgIpc) is 2.61. The number of halogens is 3. The van der Waals surface area contributed by atoms with Crippen LogP contribution in [0.4, 0.5) is 0 Å². The molecule has 0 fully saturated rings. The minimum absolute atomic E-state index is 0.219. The predicted octanol–water partition coefficient (Wildman–Crippen LogP) is 5.03. The third-order valence-electron chi connectivity index (χ3n) is 3.74. The second-order valence-corrected chi connectivity index (χ2v) is 7.60. The topological polar surface area (TPSA) is 56.5 Å². The molecular weight excluding hydrogens is 485 g/mol. The summed E-state index contributed by atoms with van der Waals surface area (Å²) in [6.07, 6.45) is 2.15. The van der Waals surface area contributed by atoms with Crippen molar-refractivity contribution in [2.45, 2.75) is 13.3 Å². The first-order valence-corrected chi connectivity index (χ1v) is 9.69. The van der Waals surface area contributed by atoms with Gasteiger partial charge in [0.1, 0.15) is 5.82 Å². The second-order valence-electron chi connectivity index (χ2n) is 5.42. The lowest BCUT2D eigenvalue weighted by molar-refractivity contribution is 0.412. The number of rotatable bonds is 4.